The third-order valence-electron chi connectivity index (χ3n) is 2.87. The lowest BCUT2D eigenvalue weighted by Crippen LogP contribution is -2.15. The maximum absolute atomic E-state index is 12.0. The van der Waals surface area contributed by atoms with Gasteiger partial charge in [-0.15, -0.1) is 0 Å². The van der Waals surface area contributed by atoms with Crippen LogP contribution < -0.4 is 15.1 Å². The van der Waals surface area contributed by atoms with Crippen molar-refractivity contribution < 1.29 is 18.7 Å². The van der Waals surface area contributed by atoms with E-state index >= 15 is 0 Å². The van der Waals surface area contributed by atoms with Crippen molar-refractivity contribution >= 4 is 5.97 Å². The Balaban J connectivity index is 2.41. The molecule has 0 aliphatic carbocycles. The summed E-state index contributed by atoms with van der Waals surface area (Å²) in [5.41, 5.74) is 0.503. The Morgan fingerprint density at radius 2 is 1.75 bits per heavy atom. The summed E-state index contributed by atoms with van der Waals surface area (Å²) in [7, 11) is 1.38. The molecule has 104 valence electrons. The molecule has 1 aromatic heterocycles. The fourth-order valence-electron chi connectivity index (χ4n) is 1.78. The van der Waals surface area contributed by atoms with Crippen molar-refractivity contribution in [3.05, 3.63) is 57.4 Å². The first kappa shape index (κ1) is 13.9. The molecule has 0 bridgehead atoms. The molecule has 20 heavy (non-hydrogen) atoms. The van der Waals surface area contributed by atoms with Crippen molar-refractivity contribution in [1.82, 2.24) is 0 Å². The topological polar surface area (TPSA) is 65.7 Å². The third kappa shape index (κ3) is 2.56. The van der Waals surface area contributed by atoms with E-state index in [0.29, 0.717) is 11.1 Å². The van der Waals surface area contributed by atoms with Crippen LogP contribution in [0.2, 0.25) is 0 Å². The summed E-state index contributed by atoms with van der Waals surface area (Å²) >= 11 is 0. The summed E-state index contributed by atoms with van der Waals surface area (Å²) in [4.78, 5) is 23.7. The highest BCUT2D eigenvalue weighted by Crippen LogP contribution is 2.28. The molecule has 1 heterocycles. The zero-order valence-corrected chi connectivity index (χ0v) is 11.4. The van der Waals surface area contributed by atoms with Crippen LogP contribution in [0.25, 0.3) is 0 Å². The summed E-state index contributed by atoms with van der Waals surface area (Å²) in [5.74, 6) is -0.326. The summed E-state index contributed by atoms with van der Waals surface area (Å²) in [6, 6.07) is 8.53. The van der Waals surface area contributed by atoms with E-state index in [9.17, 15) is 9.59 Å². The number of hydrogen-bond acceptors (Lipinski definition) is 5. The second-order valence-electron chi connectivity index (χ2n) is 4.22. The molecule has 0 aliphatic rings. The van der Waals surface area contributed by atoms with Gasteiger partial charge in [0.05, 0.1) is 23.8 Å². The van der Waals surface area contributed by atoms with Crippen LogP contribution in [0, 0.1) is 13.8 Å². The van der Waals surface area contributed by atoms with Gasteiger partial charge in [-0.05, 0) is 26.0 Å². The van der Waals surface area contributed by atoms with Gasteiger partial charge in [-0.3, -0.25) is 0 Å². The number of rotatable bonds is 3. The first-order valence-corrected chi connectivity index (χ1v) is 6.00. The predicted octanol–water partition coefficient (Wildman–Crippen LogP) is 2.48. The SMILES string of the molecule is COc1oc(=O)c(C)c(OC(=O)c2ccccc2)c1C. The average molecular weight is 274 g/mol. The van der Waals surface area contributed by atoms with Crippen LogP contribution in [-0.2, 0) is 0 Å². The zero-order chi connectivity index (χ0) is 14.7. The molecule has 0 saturated carbocycles. The molecule has 5 nitrogen and oxygen atoms in total. The van der Waals surface area contributed by atoms with Gasteiger partial charge in [0.15, 0.2) is 5.75 Å². The van der Waals surface area contributed by atoms with Crippen LogP contribution in [0.3, 0.4) is 0 Å². The second kappa shape index (κ2) is 5.61. The van der Waals surface area contributed by atoms with E-state index in [4.69, 9.17) is 13.9 Å². The van der Waals surface area contributed by atoms with Crippen LogP contribution in [0.5, 0.6) is 11.7 Å². The number of benzene rings is 1. The lowest BCUT2D eigenvalue weighted by molar-refractivity contribution is 0.0730. The highest BCUT2D eigenvalue weighted by atomic mass is 16.6. The average Bonchev–Trinajstić information content (AvgIpc) is 2.48. The normalized spacial score (nSPS) is 10.2. The molecule has 0 fully saturated rings. The Bertz CT molecular complexity index is 685. The van der Waals surface area contributed by atoms with Crippen molar-refractivity contribution in [2.24, 2.45) is 0 Å². The van der Waals surface area contributed by atoms with Crippen LogP contribution in [-0.4, -0.2) is 13.1 Å². The molecular weight excluding hydrogens is 260 g/mol. The van der Waals surface area contributed by atoms with Gasteiger partial charge in [0.1, 0.15) is 0 Å². The molecule has 1 aromatic carbocycles. The van der Waals surface area contributed by atoms with Crippen molar-refractivity contribution in [3.8, 4) is 11.7 Å². The van der Waals surface area contributed by atoms with Crippen molar-refractivity contribution in [2.45, 2.75) is 13.8 Å². The van der Waals surface area contributed by atoms with E-state index in [0.717, 1.165) is 0 Å². The molecule has 0 N–H and O–H groups in total. The largest absolute Gasteiger partial charge is 0.468 e. The summed E-state index contributed by atoms with van der Waals surface area (Å²) in [6.45, 7) is 3.19. The molecule has 0 spiro atoms. The lowest BCUT2D eigenvalue weighted by Gasteiger charge is -2.11. The quantitative estimate of drug-likeness (QED) is 0.804. The molecule has 5 heteroatoms. The Kier molecular flexibility index (Phi) is 3.89. The molecule has 2 aromatic rings. The van der Waals surface area contributed by atoms with E-state index in [1.165, 1.54) is 14.0 Å². The Morgan fingerprint density at radius 1 is 1.10 bits per heavy atom. The first-order chi connectivity index (χ1) is 9.54. The Morgan fingerprint density at radius 3 is 2.35 bits per heavy atom. The minimum absolute atomic E-state index is 0.0384. The Hall–Kier alpha value is -2.56. The highest BCUT2D eigenvalue weighted by Gasteiger charge is 2.19. The van der Waals surface area contributed by atoms with E-state index < -0.39 is 11.6 Å². The van der Waals surface area contributed by atoms with Gasteiger partial charge >= 0.3 is 11.6 Å². The minimum atomic E-state index is -0.594. The Labute approximate surface area is 115 Å². The van der Waals surface area contributed by atoms with Crippen LogP contribution in [0.4, 0.5) is 0 Å². The molecule has 0 unspecified atom stereocenters. The van der Waals surface area contributed by atoms with Crippen molar-refractivity contribution in [1.29, 1.82) is 0 Å². The fraction of sp³-hybridized carbons (Fsp3) is 0.200. The van der Waals surface area contributed by atoms with Gasteiger partial charge in [-0.2, -0.15) is 0 Å². The number of carbonyl (C=O) groups excluding carboxylic acids is 1. The fourth-order valence-corrected chi connectivity index (χ4v) is 1.78. The number of methoxy groups -OCH3 is 1. The number of carbonyl (C=O) groups is 1. The minimum Gasteiger partial charge on any atom is -0.468 e. The van der Waals surface area contributed by atoms with Crippen LogP contribution >= 0.6 is 0 Å². The molecule has 0 saturated heterocycles. The first-order valence-electron chi connectivity index (χ1n) is 6.00. The molecule has 2 rings (SSSR count). The van der Waals surface area contributed by atoms with E-state index in [2.05, 4.69) is 0 Å². The second-order valence-corrected chi connectivity index (χ2v) is 4.22. The highest BCUT2D eigenvalue weighted by molar-refractivity contribution is 5.91. The summed E-state index contributed by atoms with van der Waals surface area (Å²) < 4.78 is 15.2. The molecule has 0 radical (unpaired) electrons. The summed E-state index contributed by atoms with van der Waals surface area (Å²) in [5, 5.41) is 0. The standard InChI is InChI=1S/C15H14O5/c1-9-12(10(2)15(18-3)20-13(9)16)19-14(17)11-7-5-4-6-8-11/h4-8H,1-3H3. The maximum atomic E-state index is 12.0. The van der Waals surface area contributed by atoms with Gasteiger partial charge < -0.3 is 13.9 Å². The molecular formula is C15H14O5. The summed E-state index contributed by atoms with van der Waals surface area (Å²) in [6.07, 6.45) is 0. The van der Waals surface area contributed by atoms with Gasteiger partial charge in [0.25, 0.3) is 5.95 Å². The monoisotopic (exact) mass is 274 g/mol. The van der Waals surface area contributed by atoms with E-state index in [1.54, 1.807) is 37.3 Å². The van der Waals surface area contributed by atoms with E-state index in [-0.39, 0.29) is 17.3 Å². The van der Waals surface area contributed by atoms with Crippen molar-refractivity contribution in [3.63, 3.8) is 0 Å². The smallest absolute Gasteiger partial charge is 0.345 e. The zero-order valence-electron chi connectivity index (χ0n) is 11.4. The maximum Gasteiger partial charge on any atom is 0.345 e. The van der Waals surface area contributed by atoms with Crippen molar-refractivity contribution in [2.75, 3.05) is 7.11 Å². The number of hydrogen-bond donors (Lipinski definition) is 0. The van der Waals surface area contributed by atoms with Gasteiger partial charge in [-0.1, -0.05) is 18.2 Å². The van der Waals surface area contributed by atoms with Crippen LogP contribution in [0.15, 0.2) is 39.5 Å². The predicted molar refractivity (Wildman–Crippen MR) is 72.4 cm³/mol. The lowest BCUT2D eigenvalue weighted by atomic mass is 10.2. The molecule has 0 aliphatic heterocycles. The number of ether oxygens (including phenoxy) is 2. The van der Waals surface area contributed by atoms with Gasteiger partial charge in [0.2, 0.25) is 0 Å². The third-order valence-corrected chi connectivity index (χ3v) is 2.87. The van der Waals surface area contributed by atoms with Gasteiger partial charge in [-0.25, -0.2) is 9.59 Å². The molecule has 0 atom stereocenters. The van der Waals surface area contributed by atoms with Crippen LogP contribution in [0.1, 0.15) is 21.5 Å². The van der Waals surface area contributed by atoms with Gasteiger partial charge in [0, 0.05) is 0 Å². The van der Waals surface area contributed by atoms with E-state index in [1.807, 2.05) is 0 Å². The molecule has 0 amide bonds. The number of esters is 1.